The van der Waals surface area contributed by atoms with Crippen LogP contribution in [0.2, 0.25) is 0 Å². The number of hydrogen-bond donors (Lipinski definition) is 1. The highest BCUT2D eigenvalue weighted by Crippen LogP contribution is 2.33. The highest BCUT2D eigenvalue weighted by molar-refractivity contribution is 7.90. The van der Waals surface area contributed by atoms with Crippen LogP contribution in [0.25, 0.3) is 0 Å². The molecule has 0 radical (unpaired) electrons. The second-order valence-electron chi connectivity index (χ2n) is 5.16. The van der Waals surface area contributed by atoms with Crippen LogP contribution in [0.15, 0.2) is 29.2 Å². The van der Waals surface area contributed by atoms with E-state index in [1.165, 1.54) is 12.7 Å². The molecule has 0 saturated heterocycles. The van der Waals surface area contributed by atoms with Crippen LogP contribution >= 0.6 is 0 Å². The molecule has 1 aromatic rings. The number of para-hydroxylation sites is 1. The zero-order chi connectivity index (χ0) is 13.9. The first kappa shape index (κ1) is 14.3. The summed E-state index contributed by atoms with van der Waals surface area (Å²) in [5.74, 6) is 0. The smallest absolute Gasteiger partial charge is 0.177 e. The Labute approximate surface area is 115 Å². The van der Waals surface area contributed by atoms with Crippen LogP contribution in [-0.4, -0.2) is 33.8 Å². The van der Waals surface area contributed by atoms with Gasteiger partial charge in [-0.05, 0) is 44.4 Å². The van der Waals surface area contributed by atoms with E-state index in [4.69, 9.17) is 5.73 Å². The molecule has 0 aliphatic heterocycles. The van der Waals surface area contributed by atoms with Gasteiger partial charge in [0.05, 0.1) is 10.6 Å². The van der Waals surface area contributed by atoms with Crippen LogP contribution in [0.3, 0.4) is 0 Å². The van der Waals surface area contributed by atoms with Gasteiger partial charge in [0.2, 0.25) is 0 Å². The number of nitrogens with zero attached hydrogens (tertiary/aromatic N) is 1. The zero-order valence-electron chi connectivity index (χ0n) is 11.4. The van der Waals surface area contributed by atoms with Crippen molar-refractivity contribution in [2.24, 2.45) is 5.73 Å². The minimum absolute atomic E-state index is 0.430. The molecule has 1 aromatic carbocycles. The van der Waals surface area contributed by atoms with Crippen molar-refractivity contribution in [3.63, 3.8) is 0 Å². The van der Waals surface area contributed by atoms with Crippen molar-refractivity contribution in [1.29, 1.82) is 0 Å². The molecule has 5 heteroatoms. The van der Waals surface area contributed by atoms with E-state index in [1.54, 1.807) is 12.1 Å². The molecule has 0 spiro atoms. The summed E-state index contributed by atoms with van der Waals surface area (Å²) in [5, 5.41) is 0. The Morgan fingerprint density at radius 2 is 2.00 bits per heavy atom. The van der Waals surface area contributed by atoms with Gasteiger partial charge in [-0.2, -0.15) is 0 Å². The van der Waals surface area contributed by atoms with E-state index in [9.17, 15) is 8.42 Å². The summed E-state index contributed by atoms with van der Waals surface area (Å²) < 4.78 is 23.8. The van der Waals surface area contributed by atoms with Gasteiger partial charge in [0, 0.05) is 18.8 Å². The van der Waals surface area contributed by atoms with Gasteiger partial charge in [-0.1, -0.05) is 12.1 Å². The third-order valence-electron chi connectivity index (χ3n) is 3.69. The molecule has 0 atom stereocenters. The first-order valence-electron chi connectivity index (χ1n) is 6.80. The SMILES string of the molecule is CS(=O)(=O)c1ccccc1N(CCCN)C1CCC1. The summed E-state index contributed by atoms with van der Waals surface area (Å²) >= 11 is 0. The summed E-state index contributed by atoms with van der Waals surface area (Å²) in [5.41, 5.74) is 6.43. The lowest BCUT2D eigenvalue weighted by atomic mass is 9.91. The minimum atomic E-state index is -3.19. The monoisotopic (exact) mass is 282 g/mol. The van der Waals surface area contributed by atoms with E-state index >= 15 is 0 Å². The molecule has 0 amide bonds. The van der Waals surface area contributed by atoms with Crippen molar-refractivity contribution in [2.45, 2.75) is 36.6 Å². The second kappa shape index (κ2) is 5.92. The first-order chi connectivity index (χ1) is 9.04. The van der Waals surface area contributed by atoms with Gasteiger partial charge < -0.3 is 10.6 Å². The van der Waals surface area contributed by atoms with Gasteiger partial charge in [-0.15, -0.1) is 0 Å². The fraction of sp³-hybridized carbons (Fsp3) is 0.571. The first-order valence-corrected chi connectivity index (χ1v) is 8.69. The molecular weight excluding hydrogens is 260 g/mol. The number of hydrogen-bond acceptors (Lipinski definition) is 4. The quantitative estimate of drug-likeness (QED) is 0.864. The fourth-order valence-corrected chi connectivity index (χ4v) is 3.36. The Bertz CT molecular complexity index is 524. The highest BCUT2D eigenvalue weighted by Gasteiger charge is 2.27. The Kier molecular flexibility index (Phi) is 4.47. The van der Waals surface area contributed by atoms with Crippen LogP contribution in [0.5, 0.6) is 0 Å². The molecule has 1 fully saturated rings. The molecule has 4 nitrogen and oxygen atoms in total. The number of rotatable bonds is 6. The highest BCUT2D eigenvalue weighted by atomic mass is 32.2. The Morgan fingerprint density at radius 3 is 2.53 bits per heavy atom. The summed E-state index contributed by atoms with van der Waals surface area (Å²) in [7, 11) is -3.19. The van der Waals surface area contributed by atoms with Crippen molar-refractivity contribution in [3.05, 3.63) is 24.3 Å². The van der Waals surface area contributed by atoms with E-state index in [0.717, 1.165) is 31.5 Å². The number of nitrogens with two attached hydrogens (primary N) is 1. The number of anilines is 1. The fourth-order valence-electron chi connectivity index (χ4n) is 2.47. The molecule has 1 aliphatic rings. The summed E-state index contributed by atoms with van der Waals surface area (Å²) in [6, 6.07) is 7.75. The Morgan fingerprint density at radius 1 is 1.32 bits per heavy atom. The van der Waals surface area contributed by atoms with Crippen molar-refractivity contribution < 1.29 is 8.42 Å². The third-order valence-corrected chi connectivity index (χ3v) is 4.84. The van der Waals surface area contributed by atoms with Crippen LogP contribution < -0.4 is 10.6 Å². The predicted octanol–water partition coefficient (Wildman–Crippen LogP) is 1.80. The van der Waals surface area contributed by atoms with Gasteiger partial charge >= 0.3 is 0 Å². The molecule has 2 N–H and O–H groups in total. The lowest BCUT2D eigenvalue weighted by molar-refractivity contribution is 0.383. The molecule has 0 heterocycles. The summed E-state index contributed by atoms with van der Waals surface area (Å²) in [6.07, 6.45) is 5.67. The average molecular weight is 282 g/mol. The predicted molar refractivity (Wildman–Crippen MR) is 78.2 cm³/mol. The average Bonchev–Trinajstić information content (AvgIpc) is 2.31. The summed E-state index contributed by atoms with van der Waals surface area (Å²) in [4.78, 5) is 2.66. The van der Waals surface area contributed by atoms with Crippen LogP contribution in [0.4, 0.5) is 5.69 Å². The Hall–Kier alpha value is -1.07. The zero-order valence-corrected chi connectivity index (χ0v) is 12.2. The van der Waals surface area contributed by atoms with E-state index in [-0.39, 0.29) is 0 Å². The van der Waals surface area contributed by atoms with E-state index in [2.05, 4.69) is 4.90 Å². The normalized spacial score (nSPS) is 16.1. The molecule has 1 saturated carbocycles. The van der Waals surface area contributed by atoms with Gasteiger partial charge in [-0.3, -0.25) is 0 Å². The molecule has 0 unspecified atom stereocenters. The maximum atomic E-state index is 11.9. The standard InChI is InChI=1S/C14H22N2O2S/c1-19(17,18)14-9-3-2-8-13(14)16(11-5-10-15)12-6-4-7-12/h2-3,8-9,12H,4-7,10-11,15H2,1H3. The molecule has 1 aliphatic carbocycles. The van der Waals surface area contributed by atoms with Crippen LogP contribution in [0.1, 0.15) is 25.7 Å². The number of sulfone groups is 1. The van der Waals surface area contributed by atoms with Crippen LogP contribution in [-0.2, 0) is 9.84 Å². The topological polar surface area (TPSA) is 63.4 Å². The van der Waals surface area contributed by atoms with Crippen LogP contribution in [0, 0.1) is 0 Å². The maximum absolute atomic E-state index is 11.9. The van der Waals surface area contributed by atoms with Crippen molar-refractivity contribution in [2.75, 3.05) is 24.2 Å². The molecule has 0 bridgehead atoms. The van der Waals surface area contributed by atoms with E-state index < -0.39 is 9.84 Å². The minimum Gasteiger partial charge on any atom is -0.367 e. The molecule has 0 aromatic heterocycles. The van der Waals surface area contributed by atoms with Gasteiger partial charge in [-0.25, -0.2) is 8.42 Å². The molecule has 19 heavy (non-hydrogen) atoms. The van der Waals surface area contributed by atoms with Crippen molar-refractivity contribution in [3.8, 4) is 0 Å². The largest absolute Gasteiger partial charge is 0.367 e. The van der Waals surface area contributed by atoms with Gasteiger partial charge in [0.25, 0.3) is 0 Å². The molecule has 2 rings (SSSR count). The van der Waals surface area contributed by atoms with E-state index in [1.807, 2.05) is 12.1 Å². The molecular formula is C14H22N2O2S. The summed E-state index contributed by atoms with van der Waals surface area (Å²) in [6.45, 7) is 1.46. The van der Waals surface area contributed by atoms with Crippen molar-refractivity contribution in [1.82, 2.24) is 0 Å². The maximum Gasteiger partial charge on any atom is 0.177 e. The van der Waals surface area contributed by atoms with E-state index in [0.29, 0.717) is 17.5 Å². The lowest BCUT2D eigenvalue weighted by Gasteiger charge is -2.40. The van der Waals surface area contributed by atoms with Gasteiger partial charge in [0.1, 0.15) is 0 Å². The van der Waals surface area contributed by atoms with Crippen molar-refractivity contribution >= 4 is 15.5 Å². The molecule has 106 valence electrons. The number of benzene rings is 1. The third kappa shape index (κ3) is 3.28. The lowest BCUT2D eigenvalue weighted by Crippen LogP contribution is -2.42. The van der Waals surface area contributed by atoms with Gasteiger partial charge in [0.15, 0.2) is 9.84 Å². The second-order valence-corrected chi connectivity index (χ2v) is 7.14. The Balaban J connectivity index is 2.35.